The van der Waals surface area contributed by atoms with Crippen LogP contribution in [-0.4, -0.2) is 4.98 Å². The van der Waals surface area contributed by atoms with Crippen molar-refractivity contribution in [2.75, 3.05) is 5.73 Å². The molecule has 100 valence electrons. The molecule has 5 heteroatoms. The molecule has 0 spiro atoms. The summed E-state index contributed by atoms with van der Waals surface area (Å²) in [6.07, 6.45) is 3.20. The van der Waals surface area contributed by atoms with Crippen molar-refractivity contribution in [3.63, 3.8) is 0 Å². The van der Waals surface area contributed by atoms with Gasteiger partial charge in [-0.05, 0) is 28.1 Å². The maximum absolute atomic E-state index is 6.20. The number of pyridine rings is 1. The lowest BCUT2D eigenvalue weighted by molar-refractivity contribution is 0.487. The predicted molar refractivity (Wildman–Crippen MR) is 85.4 cm³/mol. The quantitative estimate of drug-likeness (QED) is 0.706. The molecule has 3 aromatic rings. The minimum Gasteiger partial charge on any atom is -0.453 e. The summed E-state index contributed by atoms with van der Waals surface area (Å²) >= 11 is 9.58. The zero-order valence-electron chi connectivity index (χ0n) is 10.3. The molecule has 2 N–H and O–H groups in total. The lowest BCUT2D eigenvalue weighted by Gasteiger charge is -2.12. The maximum atomic E-state index is 6.20. The van der Waals surface area contributed by atoms with Crippen LogP contribution < -0.4 is 10.5 Å². The number of nitrogen functional groups attached to an aromatic ring is 1. The SMILES string of the molecule is Nc1cncc(Br)c1Oc1ccc(Cl)c2ccccc12. The van der Waals surface area contributed by atoms with Crippen molar-refractivity contribution in [2.24, 2.45) is 0 Å². The van der Waals surface area contributed by atoms with Crippen molar-refractivity contribution in [1.82, 2.24) is 4.98 Å². The molecule has 20 heavy (non-hydrogen) atoms. The Morgan fingerprint density at radius 2 is 1.80 bits per heavy atom. The van der Waals surface area contributed by atoms with Gasteiger partial charge in [-0.25, -0.2) is 0 Å². The molecule has 1 heterocycles. The van der Waals surface area contributed by atoms with Gasteiger partial charge in [0.05, 0.1) is 16.4 Å². The second-order valence-corrected chi connectivity index (χ2v) is 5.49. The molecule has 0 saturated carbocycles. The van der Waals surface area contributed by atoms with Gasteiger partial charge in [-0.2, -0.15) is 0 Å². The minimum absolute atomic E-state index is 0.471. The van der Waals surface area contributed by atoms with Gasteiger partial charge in [0.15, 0.2) is 5.75 Å². The van der Waals surface area contributed by atoms with Crippen LogP contribution in [0, 0.1) is 0 Å². The third kappa shape index (κ3) is 2.32. The van der Waals surface area contributed by atoms with E-state index in [2.05, 4.69) is 20.9 Å². The number of aromatic nitrogens is 1. The topological polar surface area (TPSA) is 48.1 Å². The van der Waals surface area contributed by atoms with E-state index in [1.54, 1.807) is 12.4 Å². The molecular formula is C15H10BrClN2O. The first kappa shape index (κ1) is 13.2. The molecule has 3 rings (SSSR count). The first-order valence-corrected chi connectivity index (χ1v) is 7.08. The lowest BCUT2D eigenvalue weighted by atomic mass is 10.1. The van der Waals surface area contributed by atoms with Crippen LogP contribution in [0.2, 0.25) is 5.02 Å². The van der Waals surface area contributed by atoms with Crippen molar-refractivity contribution < 1.29 is 4.74 Å². The summed E-state index contributed by atoms with van der Waals surface area (Å²) in [5, 5.41) is 2.56. The number of benzene rings is 2. The Morgan fingerprint density at radius 3 is 2.55 bits per heavy atom. The lowest BCUT2D eigenvalue weighted by Crippen LogP contribution is -1.95. The van der Waals surface area contributed by atoms with E-state index in [0.717, 1.165) is 10.8 Å². The van der Waals surface area contributed by atoms with Crippen LogP contribution in [0.1, 0.15) is 0 Å². The molecule has 0 bridgehead atoms. The third-order valence-corrected chi connectivity index (χ3v) is 3.82. The number of nitrogens with zero attached hydrogens (tertiary/aromatic N) is 1. The number of fused-ring (bicyclic) bond motifs is 1. The Kier molecular flexibility index (Phi) is 3.51. The van der Waals surface area contributed by atoms with E-state index in [9.17, 15) is 0 Å². The summed E-state index contributed by atoms with van der Waals surface area (Å²) in [6.45, 7) is 0. The third-order valence-electron chi connectivity index (χ3n) is 2.92. The van der Waals surface area contributed by atoms with Gasteiger partial charge in [0.1, 0.15) is 5.75 Å². The summed E-state index contributed by atoms with van der Waals surface area (Å²) in [5.41, 5.74) is 6.37. The molecule has 0 atom stereocenters. The Labute approximate surface area is 129 Å². The normalized spacial score (nSPS) is 10.7. The van der Waals surface area contributed by atoms with Crippen molar-refractivity contribution >= 4 is 44.0 Å². The highest BCUT2D eigenvalue weighted by molar-refractivity contribution is 9.10. The van der Waals surface area contributed by atoms with Gasteiger partial charge in [-0.15, -0.1) is 0 Å². The van der Waals surface area contributed by atoms with E-state index in [0.29, 0.717) is 26.7 Å². The van der Waals surface area contributed by atoms with E-state index in [4.69, 9.17) is 22.1 Å². The van der Waals surface area contributed by atoms with Crippen LogP contribution in [0.3, 0.4) is 0 Å². The summed E-state index contributed by atoms with van der Waals surface area (Å²) in [5.74, 6) is 1.25. The molecule has 0 saturated heterocycles. The fraction of sp³-hybridized carbons (Fsp3) is 0. The van der Waals surface area contributed by atoms with Crippen LogP contribution in [0.4, 0.5) is 5.69 Å². The smallest absolute Gasteiger partial charge is 0.167 e. The van der Waals surface area contributed by atoms with Crippen LogP contribution in [0.15, 0.2) is 53.3 Å². The molecule has 0 amide bonds. The van der Waals surface area contributed by atoms with Gasteiger partial charge < -0.3 is 10.5 Å². The molecule has 0 fully saturated rings. The molecule has 0 aliphatic rings. The zero-order chi connectivity index (χ0) is 14.1. The second kappa shape index (κ2) is 5.31. The number of nitrogens with two attached hydrogens (primary N) is 1. The number of anilines is 1. The van der Waals surface area contributed by atoms with E-state index in [-0.39, 0.29) is 0 Å². The Morgan fingerprint density at radius 1 is 1.05 bits per heavy atom. The van der Waals surface area contributed by atoms with Crippen molar-refractivity contribution in [2.45, 2.75) is 0 Å². The van der Waals surface area contributed by atoms with Gasteiger partial charge >= 0.3 is 0 Å². The predicted octanol–water partition coefficient (Wildman–Crippen LogP) is 5.03. The molecule has 1 aromatic heterocycles. The summed E-state index contributed by atoms with van der Waals surface area (Å²) < 4.78 is 6.64. The largest absolute Gasteiger partial charge is 0.453 e. The van der Waals surface area contributed by atoms with Crippen molar-refractivity contribution in [3.8, 4) is 11.5 Å². The van der Waals surface area contributed by atoms with E-state index in [1.807, 2.05) is 36.4 Å². The van der Waals surface area contributed by atoms with Gasteiger partial charge in [-0.1, -0.05) is 35.9 Å². The molecule has 0 aliphatic heterocycles. The Bertz CT molecular complexity index is 772. The summed E-state index contributed by atoms with van der Waals surface area (Å²) in [4.78, 5) is 3.99. The van der Waals surface area contributed by atoms with E-state index in [1.165, 1.54) is 0 Å². The number of halogens is 2. The average Bonchev–Trinajstić information content (AvgIpc) is 2.46. The Hall–Kier alpha value is -1.78. The molecule has 3 nitrogen and oxygen atoms in total. The highest BCUT2D eigenvalue weighted by Gasteiger charge is 2.11. The number of hydrogen-bond donors (Lipinski definition) is 1. The summed E-state index contributed by atoms with van der Waals surface area (Å²) in [7, 11) is 0. The van der Waals surface area contributed by atoms with Crippen molar-refractivity contribution in [3.05, 3.63) is 58.3 Å². The molecule has 0 radical (unpaired) electrons. The zero-order valence-corrected chi connectivity index (χ0v) is 12.6. The molecule has 2 aromatic carbocycles. The minimum atomic E-state index is 0.471. The highest BCUT2D eigenvalue weighted by Crippen LogP contribution is 2.38. The van der Waals surface area contributed by atoms with Gasteiger partial charge in [0, 0.05) is 22.0 Å². The maximum Gasteiger partial charge on any atom is 0.167 e. The standard InChI is InChI=1S/C15H10BrClN2O/c16-11-7-19-8-13(18)15(11)20-14-6-5-12(17)9-3-1-2-4-10(9)14/h1-8H,18H2. The van der Waals surface area contributed by atoms with Crippen LogP contribution >= 0.6 is 27.5 Å². The number of hydrogen-bond acceptors (Lipinski definition) is 3. The molecular weight excluding hydrogens is 340 g/mol. The second-order valence-electron chi connectivity index (χ2n) is 4.23. The van der Waals surface area contributed by atoms with Crippen LogP contribution in [0.5, 0.6) is 11.5 Å². The fourth-order valence-electron chi connectivity index (χ4n) is 1.98. The van der Waals surface area contributed by atoms with Gasteiger partial charge in [0.2, 0.25) is 0 Å². The van der Waals surface area contributed by atoms with Gasteiger partial charge in [0.25, 0.3) is 0 Å². The first-order valence-electron chi connectivity index (χ1n) is 5.91. The fourth-order valence-corrected chi connectivity index (χ4v) is 2.64. The molecule has 0 unspecified atom stereocenters. The number of ether oxygens (including phenoxy) is 1. The monoisotopic (exact) mass is 348 g/mol. The van der Waals surface area contributed by atoms with Crippen LogP contribution in [-0.2, 0) is 0 Å². The molecule has 0 aliphatic carbocycles. The van der Waals surface area contributed by atoms with E-state index >= 15 is 0 Å². The van der Waals surface area contributed by atoms with E-state index < -0.39 is 0 Å². The van der Waals surface area contributed by atoms with Gasteiger partial charge in [-0.3, -0.25) is 4.98 Å². The summed E-state index contributed by atoms with van der Waals surface area (Å²) in [6, 6.07) is 11.4. The Balaban J connectivity index is 2.14. The number of rotatable bonds is 2. The van der Waals surface area contributed by atoms with Crippen molar-refractivity contribution in [1.29, 1.82) is 0 Å². The van der Waals surface area contributed by atoms with Crippen LogP contribution in [0.25, 0.3) is 10.8 Å². The highest BCUT2D eigenvalue weighted by atomic mass is 79.9. The first-order chi connectivity index (χ1) is 9.66. The average molecular weight is 350 g/mol.